The zero-order chi connectivity index (χ0) is 16.6. The van der Waals surface area contributed by atoms with Crippen LogP contribution in [-0.2, 0) is 20.8 Å². The molecule has 0 amide bonds. The summed E-state index contributed by atoms with van der Waals surface area (Å²) in [7, 11) is 3.43. The lowest BCUT2D eigenvalue weighted by atomic mass is 10.2. The Morgan fingerprint density at radius 3 is 2.48 bits per heavy atom. The maximum absolute atomic E-state index is 5.62. The molecule has 6 nitrogen and oxygen atoms in total. The average molecular weight is 323 g/mol. The molecule has 0 saturated carbocycles. The van der Waals surface area contributed by atoms with Gasteiger partial charge in [-0.1, -0.05) is 30.3 Å². The van der Waals surface area contributed by atoms with E-state index in [1.807, 2.05) is 18.2 Å². The third-order valence-corrected chi connectivity index (χ3v) is 3.06. The van der Waals surface area contributed by atoms with E-state index in [4.69, 9.17) is 14.2 Å². The van der Waals surface area contributed by atoms with Gasteiger partial charge < -0.3 is 24.8 Å². The largest absolute Gasteiger partial charge is 0.382 e. The fourth-order valence-electron chi connectivity index (χ4n) is 1.85. The molecular formula is C17H29N3O3. The van der Waals surface area contributed by atoms with E-state index in [1.165, 1.54) is 5.56 Å². The van der Waals surface area contributed by atoms with Gasteiger partial charge in [-0.3, -0.25) is 4.99 Å². The molecule has 0 aromatic heterocycles. The Kier molecular flexibility index (Phi) is 11.8. The lowest BCUT2D eigenvalue weighted by molar-refractivity contribution is 0.0698. The zero-order valence-corrected chi connectivity index (χ0v) is 14.2. The predicted molar refractivity (Wildman–Crippen MR) is 92.8 cm³/mol. The summed E-state index contributed by atoms with van der Waals surface area (Å²) in [5, 5.41) is 6.46. The summed E-state index contributed by atoms with van der Waals surface area (Å²) >= 11 is 0. The van der Waals surface area contributed by atoms with Crippen LogP contribution >= 0.6 is 0 Å². The van der Waals surface area contributed by atoms with Gasteiger partial charge in [-0.25, -0.2) is 0 Å². The monoisotopic (exact) mass is 323 g/mol. The Balaban J connectivity index is 1.97. The van der Waals surface area contributed by atoms with Gasteiger partial charge in [0.1, 0.15) is 0 Å². The van der Waals surface area contributed by atoms with E-state index >= 15 is 0 Å². The first-order valence-corrected chi connectivity index (χ1v) is 7.99. The van der Waals surface area contributed by atoms with Crippen molar-refractivity contribution >= 4 is 5.96 Å². The van der Waals surface area contributed by atoms with E-state index in [0.29, 0.717) is 33.0 Å². The molecule has 2 N–H and O–H groups in total. The third kappa shape index (κ3) is 10.7. The smallest absolute Gasteiger partial charge is 0.191 e. The van der Waals surface area contributed by atoms with Crippen LogP contribution in [0.5, 0.6) is 0 Å². The van der Waals surface area contributed by atoms with E-state index in [0.717, 1.165) is 25.5 Å². The first-order valence-electron chi connectivity index (χ1n) is 7.99. The highest BCUT2D eigenvalue weighted by atomic mass is 16.5. The van der Waals surface area contributed by atoms with Crippen LogP contribution in [-0.4, -0.2) is 59.6 Å². The van der Waals surface area contributed by atoms with Crippen LogP contribution in [0.4, 0.5) is 0 Å². The Morgan fingerprint density at radius 2 is 1.74 bits per heavy atom. The molecule has 130 valence electrons. The average Bonchev–Trinajstić information content (AvgIpc) is 2.59. The van der Waals surface area contributed by atoms with Gasteiger partial charge >= 0.3 is 0 Å². The summed E-state index contributed by atoms with van der Waals surface area (Å²) in [4.78, 5) is 4.17. The number of hydrogen-bond donors (Lipinski definition) is 2. The van der Waals surface area contributed by atoms with Crippen LogP contribution in [0.1, 0.15) is 12.0 Å². The first-order chi connectivity index (χ1) is 11.4. The van der Waals surface area contributed by atoms with Crippen molar-refractivity contribution in [3.05, 3.63) is 35.9 Å². The van der Waals surface area contributed by atoms with Gasteiger partial charge in [0.25, 0.3) is 0 Å². The van der Waals surface area contributed by atoms with E-state index in [2.05, 4.69) is 27.8 Å². The summed E-state index contributed by atoms with van der Waals surface area (Å²) < 4.78 is 15.9. The number of aliphatic imine (C=N–C) groups is 1. The molecule has 0 bridgehead atoms. The van der Waals surface area contributed by atoms with Gasteiger partial charge in [0.05, 0.1) is 26.4 Å². The van der Waals surface area contributed by atoms with Crippen molar-refractivity contribution < 1.29 is 14.2 Å². The number of benzene rings is 1. The maximum atomic E-state index is 5.62. The number of rotatable bonds is 12. The molecule has 0 spiro atoms. The van der Waals surface area contributed by atoms with E-state index in [9.17, 15) is 0 Å². The van der Waals surface area contributed by atoms with E-state index < -0.39 is 0 Å². The lowest BCUT2D eigenvalue weighted by Gasteiger charge is -2.12. The molecule has 1 rings (SSSR count). The number of guanidine groups is 1. The van der Waals surface area contributed by atoms with Crippen molar-refractivity contribution in [1.82, 2.24) is 10.6 Å². The minimum absolute atomic E-state index is 0.632. The quantitative estimate of drug-likeness (QED) is 0.346. The standard InChI is InChI=1S/C17H29N3O3/c1-18-17(19-9-6-11-22-14-13-21-2)20-10-12-23-15-16-7-4-3-5-8-16/h3-5,7-8H,6,9-15H2,1-2H3,(H2,18,19,20). The number of nitrogens with zero attached hydrogens (tertiary/aromatic N) is 1. The minimum Gasteiger partial charge on any atom is -0.382 e. The van der Waals surface area contributed by atoms with Crippen LogP contribution in [0.15, 0.2) is 35.3 Å². The van der Waals surface area contributed by atoms with E-state index in [1.54, 1.807) is 14.2 Å². The first kappa shape index (κ1) is 19.4. The Hall–Kier alpha value is -1.63. The van der Waals surface area contributed by atoms with Gasteiger partial charge in [-0.2, -0.15) is 0 Å². The Labute approximate surface area is 139 Å². The molecule has 0 radical (unpaired) electrons. The van der Waals surface area contributed by atoms with Crippen molar-refractivity contribution in [3.8, 4) is 0 Å². The van der Waals surface area contributed by atoms with Gasteiger partial charge in [-0.15, -0.1) is 0 Å². The number of ether oxygens (including phenoxy) is 3. The molecule has 0 fully saturated rings. The molecule has 23 heavy (non-hydrogen) atoms. The molecule has 1 aromatic rings. The van der Waals surface area contributed by atoms with Crippen LogP contribution in [0, 0.1) is 0 Å². The third-order valence-electron chi connectivity index (χ3n) is 3.06. The number of hydrogen-bond acceptors (Lipinski definition) is 4. The molecule has 0 aliphatic heterocycles. The maximum Gasteiger partial charge on any atom is 0.191 e. The summed E-state index contributed by atoms with van der Waals surface area (Å²) in [6, 6.07) is 10.2. The van der Waals surface area contributed by atoms with Crippen LogP contribution in [0.25, 0.3) is 0 Å². The number of methoxy groups -OCH3 is 1. The second-order valence-corrected chi connectivity index (χ2v) is 4.92. The predicted octanol–water partition coefficient (Wildman–Crippen LogP) is 1.42. The fraction of sp³-hybridized carbons (Fsp3) is 0.588. The van der Waals surface area contributed by atoms with Crippen molar-refractivity contribution in [1.29, 1.82) is 0 Å². The van der Waals surface area contributed by atoms with E-state index in [-0.39, 0.29) is 0 Å². The summed E-state index contributed by atoms with van der Waals surface area (Å²) in [6.07, 6.45) is 0.926. The molecule has 1 aromatic carbocycles. The van der Waals surface area contributed by atoms with Crippen molar-refractivity contribution in [3.63, 3.8) is 0 Å². The number of nitrogens with one attached hydrogen (secondary N) is 2. The van der Waals surface area contributed by atoms with Crippen molar-refractivity contribution in [2.45, 2.75) is 13.0 Å². The minimum atomic E-state index is 0.632. The Morgan fingerprint density at radius 1 is 0.957 bits per heavy atom. The van der Waals surface area contributed by atoms with Gasteiger partial charge in [0, 0.05) is 33.9 Å². The topological polar surface area (TPSA) is 64.1 Å². The molecule has 0 saturated heterocycles. The highest BCUT2D eigenvalue weighted by Crippen LogP contribution is 1.99. The molecule has 0 aliphatic rings. The SMILES string of the molecule is CN=C(NCCCOCCOC)NCCOCc1ccccc1. The fourth-order valence-corrected chi connectivity index (χ4v) is 1.85. The van der Waals surface area contributed by atoms with Crippen molar-refractivity contribution in [2.75, 3.05) is 53.7 Å². The summed E-state index contributed by atoms with van der Waals surface area (Å²) in [6.45, 7) is 4.80. The normalized spacial score (nSPS) is 11.5. The highest BCUT2D eigenvalue weighted by Gasteiger charge is 1.97. The molecular weight excluding hydrogens is 294 g/mol. The van der Waals surface area contributed by atoms with Crippen LogP contribution in [0.2, 0.25) is 0 Å². The Bertz CT molecular complexity index is 413. The van der Waals surface area contributed by atoms with Crippen LogP contribution < -0.4 is 10.6 Å². The summed E-state index contributed by atoms with van der Waals surface area (Å²) in [5.41, 5.74) is 1.18. The summed E-state index contributed by atoms with van der Waals surface area (Å²) in [5.74, 6) is 0.783. The highest BCUT2D eigenvalue weighted by molar-refractivity contribution is 5.79. The van der Waals surface area contributed by atoms with Crippen LogP contribution in [0.3, 0.4) is 0 Å². The molecule has 0 atom stereocenters. The molecule has 0 heterocycles. The molecule has 0 unspecified atom stereocenters. The second-order valence-electron chi connectivity index (χ2n) is 4.92. The van der Waals surface area contributed by atoms with Gasteiger partial charge in [-0.05, 0) is 12.0 Å². The van der Waals surface area contributed by atoms with Crippen molar-refractivity contribution in [2.24, 2.45) is 4.99 Å². The lowest BCUT2D eigenvalue weighted by Crippen LogP contribution is -2.39. The second kappa shape index (κ2) is 14.0. The zero-order valence-electron chi connectivity index (χ0n) is 14.2. The molecule has 0 aliphatic carbocycles. The van der Waals surface area contributed by atoms with Gasteiger partial charge in [0.2, 0.25) is 0 Å². The van der Waals surface area contributed by atoms with Gasteiger partial charge in [0.15, 0.2) is 5.96 Å². The molecule has 6 heteroatoms.